The molecule has 20 heavy (non-hydrogen) atoms. The van der Waals surface area contributed by atoms with Gasteiger partial charge in [0.05, 0.1) is 0 Å². The van der Waals surface area contributed by atoms with Gasteiger partial charge >= 0.3 is 0 Å². The third-order valence-corrected chi connectivity index (χ3v) is 4.13. The molecule has 114 valence electrons. The molecule has 1 aromatic heterocycles. The van der Waals surface area contributed by atoms with Gasteiger partial charge in [-0.05, 0) is 42.4 Å². The van der Waals surface area contributed by atoms with Crippen molar-refractivity contribution in [3.05, 3.63) is 29.6 Å². The van der Waals surface area contributed by atoms with Crippen LogP contribution in [0.1, 0.15) is 84.9 Å². The van der Waals surface area contributed by atoms with E-state index < -0.39 is 0 Å². The first-order valence-electron chi connectivity index (χ1n) is 8.35. The van der Waals surface area contributed by atoms with Crippen molar-refractivity contribution in [1.29, 1.82) is 0 Å². The summed E-state index contributed by atoms with van der Waals surface area (Å²) in [6, 6.07) is 4.54. The van der Waals surface area contributed by atoms with Gasteiger partial charge in [0.15, 0.2) is 0 Å². The fourth-order valence-electron chi connectivity index (χ4n) is 3.11. The third-order valence-electron chi connectivity index (χ3n) is 4.13. The zero-order chi connectivity index (χ0) is 15.2. The maximum absolute atomic E-state index is 4.66. The Bertz CT molecular complexity index is 394. The summed E-state index contributed by atoms with van der Waals surface area (Å²) in [5, 5.41) is 0. The molecular formula is C19H33N. The topological polar surface area (TPSA) is 12.9 Å². The summed E-state index contributed by atoms with van der Waals surface area (Å²) in [5.74, 6) is 0. The minimum Gasteiger partial charge on any atom is -0.261 e. The van der Waals surface area contributed by atoms with Gasteiger partial charge in [-0.25, -0.2) is 0 Å². The molecule has 1 fully saturated rings. The molecule has 1 heterocycles. The number of rotatable bonds is 2. The second-order valence-corrected chi connectivity index (χ2v) is 7.41. The molecule has 0 N–H and O–H groups in total. The Kier molecular flexibility index (Phi) is 6.23. The SMILES string of the molecule is CC.CC(C)(C)Cc1ccnc(C2(C)CCCCC2)c1. The Balaban J connectivity index is 0.000000956. The molecule has 1 saturated carbocycles. The summed E-state index contributed by atoms with van der Waals surface area (Å²) in [6.07, 6.45) is 9.88. The van der Waals surface area contributed by atoms with E-state index in [1.165, 1.54) is 43.4 Å². The van der Waals surface area contributed by atoms with Crippen LogP contribution in [-0.2, 0) is 11.8 Å². The van der Waals surface area contributed by atoms with E-state index in [4.69, 9.17) is 0 Å². The fraction of sp³-hybridized carbons (Fsp3) is 0.737. The van der Waals surface area contributed by atoms with E-state index in [1.54, 1.807) is 0 Å². The van der Waals surface area contributed by atoms with Crippen molar-refractivity contribution in [1.82, 2.24) is 4.98 Å². The molecule has 0 saturated heterocycles. The van der Waals surface area contributed by atoms with Gasteiger partial charge in [-0.1, -0.05) is 60.8 Å². The third kappa shape index (κ3) is 4.92. The summed E-state index contributed by atoms with van der Waals surface area (Å²) in [5.41, 5.74) is 3.45. The smallest absolute Gasteiger partial charge is 0.0465 e. The molecule has 0 radical (unpaired) electrons. The van der Waals surface area contributed by atoms with E-state index in [1.807, 2.05) is 20.0 Å². The molecule has 0 amide bonds. The Hall–Kier alpha value is -0.850. The van der Waals surface area contributed by atoms with Gasteiger partial charge < -0.3 is 0 Å². The molecule has 1 nitrogen and oxygen atoms in total. The Labute approximate surface area is 126 Å². The largest absolute Gasteiger partial charge is 0.261 e. The first kappa shape index (κ1) is 17.2. The van der Waals surface area contributed by atoms with Crippen LogP contribution in [-0.4, -0.2) is 4.98 Å². The van der Waals surface area contributed by atoms with Crippen molar-refractivity contribution in [2.75, 3.05) is 0 Å². The van der Waals surface area contributed by atoms with Gasteiger partial charge in [0.25, 0.3) is 0 Å². The number of hydrogen-bond acceptors (Lipinski definition) is 1. The van der Waals surface area contributed by atoms with Crippen LogP contribution in [0, 0.1) is 5.41 Å². The second kappa shape index (κ2) is 7.24. The highest BCUT2D eigenvalue weighted by molar-refractivity contribution is 5.24. The standard InChI is InChI=1S/C17H27N.C2H6/c1-16(2,3)13-14-8-11-18-15(12-14)17(4)9-6-5-7-10-17;1-2/h8,11-12H,5-7,9-10,13H2,1-4H3;1-2H3. The monoisotopic (exact) mass is 275 g/mol. The number of hydrogen-bond donors (Lipinski definition) is 0. The molecular weight excluding hydrogens is 242 g/mol. The van der Waals surface area contributed by atoms with Crippen LogP contribution in [0.2, 0.25) is 0 Å². The van der Waals surface area contributed by atoms with Crippen LogP contribution < -0.4 is 0 Å². The summed E-state index contributed by atoms with van der Waals surface area (Å²) < 4.78 is 0. The summed E-state index contributed by atoms with van der Waals surface area (Å²) in [4.78, 5) is 4.66. The molecule has 0 atom stereocenters. The number of aromatic nitrogens is 1. The lowest BCUT2D eigenvalue weighted by Gasteiger charge is -2.33. The van der Waals surface area contributed by atoms with Gasteiger partial charge in [-0.15, -0.1) is 0 Å². The molecule has 0 spiro atoms. The number of nitrogens with zero attached hydrogens (tertiary/aromatic N) is 1. The van der Waals surface area contributed by atoms with Gasteiger partial charge in [0, 0.05) is 17.3 Å². The molecule has 2 rings (SSSR count). The van der Waals surface area contributed by atoms with Crippen molar-refractivity contribution < 1.29 is 0 Å². The molecule has 1 aliphatic carbocycles. The lowest BCUT2D eigenvalue weighted by Crippen LogP contribution is -2.26. The minimum atomic E-state index is 0.326. The quantitative estimate of drug-likeness (QED) is 0.653. The zero-order valence-corrected chi connectivity index (χ0v) is 14.4. The van der Waals surface area contributed by atoms with Crippen molar-refractivity contribution >= 4 is 0 Å². The lowest BCUT2D eigenvalue weighted by molar-refractivity contribution is 0.311. The minimum absolute atomic E-state index is 0.326. The zero-order valence-electron chi connectivity index (χ0n) is 14.4. The van der Waals surface area contributed by atoms with E-state index in [9.17, 15) is 0 Å². The predicted octanol–water partition coefficient (Wildman–Crippen LogP) is 5.92. The van der Waals surface area contributed by atoms with Crippen molar-refractivity contribution in [3.8, 4) is 0 Å². The molecule has 0 aromatic carbocycles. The summed E-state index contributed by atoms with van der Waals surface area (Å²) in [6.45, 7) is 13.3. The molecule has 0 aliphatic heterocycles. The highest BCUT2D eigenvalue weighted by Crippen LogP contribution is 2.38. The van der Waals surface area contributed by atoms with Crippen LogP contribution in [0.3, 0.4) is 0 Å². The van der Waals surface area contributed by atoms with Crippen LogP contribution in [0.4, 0.5) is 0 Å². The summed E-state index contributed by atoms with van der Waals surface area (Å²) in [7, 11) is 0. The molecule has 1 aromatic rings. The van der Waals surface area contributed by atoms with Crippen LogP contribution >= 0.6 is 0 Å². The van der Waals surface area contributed by atoms with Crippen molar-refractivity contribution in [2.24, 2.45) is 5.41 Å². The maximum atomic E-state index is 4.66. The van der Waals surface area contributed by atoms with E-state index in [0.717, 1.165) is 6.42 Å². The highest BCUT2D eigenvalue weighted by atomic mass is 14.7. The van der Waals surface area contributed by atoms with Gasteiger partial charge in [0.2, 0.25) is 0 Å². The Morgan fingerprint density at radius 3 is 2.25 bits per heavy atom. The highest BCUT2D eigenvalue weighted by Gasteiger charge is 2.30. The van der Waals surface area contributed by atoms with E-state index in [-0.39, 0.29) is 0 Å². The van der Waals surface area contributed by atoms with Crippen molar-refractivity contribution in [3.63, 3.8) is 0 Å². The Morgan fingerprint density at radius 1 is 1.10 bits per heavy atom. The Morgan fingerprint density at radius 2 is 1.70 bits per heavy atom. The van der Waals surface area contributed by atoms with E-state index in [2.05, 4.69) is 44.8 Å². The maximum Gasteiger partial charge on any atom is 0.0465 e. The molecule has 0 bridgehead atoms. The van der Waals surface area contributed by atoms with Crippen LogP contribution in [0.15, 0.2) is 18.3 Å². The molecule has 0 unspecified atom stereocenters. The first-order chi connectivity index (χ1) is 9.39. The van der Waals surface area contributed by atoms with Crippen molar-refractivity contribution in [2.45, 2.75) is 85.5 Å². The normalized spacial score (nSPS) is 18.1. The summed E-state index contributed by atoms with van der Waals surface area (Å²) >= 11 is 0. The lowest BCUT2D eigenvalue weighted by atomic mass is 9.72. The second-order valence-electron chi connectivity index (χ2n) is 7.41. The average Bonchev–Trinajstić information content (AvgIpc) is 2.40. The fourth-order valence-corrected chi connectivity index (χ4v) is 3.11. The van der Waals surface area contributed by atoms with E-state index >= 15 is 0 Å². The molecule has 1 aliphatic rings. The number of pyridine rings is 1. The predicted molar refractivity (Wildman–Crippen MR) is 89.2 cm³/mol. The van der Waals surface area contributed by atoms with Gasteiger partial charge in [-0.2, -0.15) is 0 Å². The van der Waals surface area contributed by atoms with Crippen LogP contribution in [0.25, 0.3) is 0 Å². The molecule has 1 heteroatoms. The van der Waals surface area contributed by atoms with E-state index in [0.29, 0.717) is 10.8 Å². The van der Waals surface area contributed by atoms with Gasteiger partial charge in [-0.3, -0.25) is 4.98 Å². The van der Waals surface area contributed by atoms with Crippen LogP contribution in [0.5, 0.6) is 0 Å². The van der Waals surface area contributed by atoms with Gasteiger partial charge in [0.1, 0.15) is 0 Å². The average molecular weight is 275 g/mol. The first-order valence-corrected chi connectivity index (χ1v) is 8.35.